The normalized spacial score (nSPS) is 11.1. The summed E-state index contributed by atoms with van der Waals surface area (Å²) in [5, 5.41) is 0. The van der Waals surface area contributed by atoms with Crippen LogP contribution >= 0.6 is 0 Å². The molecule has 0 saturated heterocycles. The highest BCUT2D eigenvalue weighted by molar-refractivity contribution is 7.86. The number of primary amides is 1. The van der Waals surface area contributed by atoms with Gasteiger partial charge in [-0.1, -0.05) is 12.1 Å². The van der Waals surface area contributed by atoms with Crippen LogP contribution in [0.1, 0.15) is 0 Å². The molecule has 0 saturated carbocycles. The van der Waals surface area contributed by atoms with Gasteiger partial charge in [-0.05, 0) is 11.6 Å². The average Bonchev–Trinajstić information content (AvgIpc) is 2.09. The van der Waals surface area contributed by atoms with E-state index in [-0.39, 0.29) is 4.90 Å². The molecule has 0 unspecified atom stereocenters. The van der Waals surface area contributed by atoms with Crippen LogP contribution in [-0.4, -0.2) is 19.0 Å². The molecular formula is C7H9N3O4S. The third-order valence-corrected chi connectivity index (χ3v) is 2.61. The SMILES string of the molecule is NNC(N)=O.O=S(=O)(O)c1cc2ccc1-2. The summed E-state index contributed by atoms with van der Waals surface area (Å²) in [6, 6.07) is 4.19. The smallest absolute Gasteiger partial charge is 0.326 e. The van der Waals surface area contributed by atoms with Crippen molar-refractivity contribution in [1.82, 2.24) is 5.43 Å². The molecule has 2 rings (SSSR count). The summed E-state index contributed by atoms with van der Waals surface area (Å²) in [6.07, 6.45) is 0. The van der Waals surface area contributed by atoms with Gasteiger partial charge >= 0.3 is 6.03 Å². The second kappa shape index (κ2) is 3.85. The third-order valence-electron chi connectivity index (χ3n) is 1.71. The molecule has 2 aliphatic rings. The number of hydrazine groups is 1. The monoisotopic (exact) mass is 231 g/mol. The maximum Gasteiger partial charge on any atom is 0.326 e. The zero-order chi connectivity index (χ0) is 11.6. The fraction of sp³-hybridized carbons (Fsp3) is 0. The number of carbonyl (C=O) groups is 1. The number of hydrogen-bond acceptors (Lipinski definition) is 4. The van der Waals surface area contributed by atoms with E-state index in [0.717, 1.165) is 5.56 Å². The van der Waals surface area contributed by atoms with Gasteiger partial charge in [0, 0.05) is 5.56 Å². The van der Waals surface area contributed by atoms with E-state index in [9.17, 15) is 13.2 Å². The topological polar surface area (TPSA) is 136 Å². The standard InChI is InChI=1S/C6H4O3S.CH5N3O/c7-10(8,9)6-3-4-1-2-5(4)6;2-1(5)4-3/h1-3H,(H,7,8,9);3H2,(H3,2,4,5). The molecule has 2 amide bonds. The van der Waals surface area contributed by atoms with Crippen LogP contribution in [-0.2, 0) is 10.1 Å². The second-order valence-corrected chi connectivity index (χ2v) is 4.08. The van der Waals surface area contributed by atoms with E-state index < -0.39 is 16.1 Å². The van der Waals surface area contributed by atoms with Crippen LogP contribution < -0.4 is 17.0 Å². The molecule has 0 aliphatic heterocycles. The molecule has 0 radical (unpaired) electrons. The molecule has 0 heterocycles. The van der Waals surface area contributed by atoms with Crippen LogP contribution in [0.3, 0.4) is 0 Å². The molecule has 15 heavy (non-hydrogen) atoms. The summed E-state index contributed by atoms with van der Waals surface area (Å²) in [4.78, 5) is 9.40. The van der Waals surface area contributed by atoms with E-state index in [2.05, 4.69) is 11.6 Å². The molecule has 7 nitrogen and oxygen atoms in total. The average molecular weight is 231 g/mol. The highest BCUT2D eigenvalue weighted by Crippen LogP contribution is 2.39. The van der Waals surface area contributed by atoms with Crippen molar-refractivity contribution in [3.63, 3.8) is 0 Å². The molecule has 0 fully saturated rings. The first-order chi connectivity index (χ1) is 6.86. The summed E-state index contributed by atoms with van der Waals surface area (Å²) in [5.74, 6) is 4.45. The molecule has 0 aromatic rings. The Balaban J connectivity index is 0.000000195. The molecule has 0 aromatic carbocycles. The van der Waals surface area contributed by atoms with Gasteiger partial charge in [-0.15, -0.1) is 0 Å². The van der Waals surface area contributed by atoms with E-state index in [1.807, 2.05) is 0 Å². The van der Waals surface area contributed by atoms with Crippen molar-refractivity contribution in [2.75, 3.05) is 0 Å². The Bertz CT molecular complexity index is 497. The van der Waals surface area contributed by atoms with Crippen molar-refractivity contribution in [3.8, 4) is 11.1 Å². The van der Waals surface area contributed by atoms with Crippen LogP contribution in [0.15, 0.2) is 23.1 Å². The van der Waals surface area contributed by atoms with Gasteiger partial charge in [0.15, 0.2) is 0 Å². The van der Waals surface area contributed by atoms with Crippen molar-refractivity contribution in [1.29, 1.82) is 0 Å². The van der Waals surface area contributed by atoms with Gasteiger partial charge in [0.05, 0.1) is 0 Å². The van der Waals surface area contributed by atoms with E-state index >= 15 is 0 Å². The quantitative estimate of drug-likeness (QED) is 0.226. The summed E-state index contributed by atoms with van der Waals surface area (Å²) in [5.41, 5.74) is 7.65. The van der Waals surface area contributed by atoms with Crippen LogP contribution in [0, 0.1) is 0 Å². The molecule has 0 spiro atoms. The Hall–Kier alpha value is -1.64. The Morgan fingerprint density at radius 3 is 2.00 bits per heavy atom. The number of nitrogens with two attached hydrogens (primary N) is 2. The number of fused-ring (bicyclic) bond motifs is 1. The lowest BCUT2D eigenvalue weighted by molar-refractivity contribution is 0.249. The van der Waals surface area contributed by atoms with Crippen molar-refractivity contribution < 1.29 is 17.8 Å². The van der Waals surface area contributed by atoms with Crippen molar-refractivity contribution >= 4 is 16.1 Å². The molecule has 0 aromatic heterocycles. The number of urea groups is 1. The predicted octanol–water partition coefficient (Wildman–Crippen LogP) is -0.558. The van der Waals surface area contributed by atoms with Crippen molar-refractivity contribution in [2.45, 2.75) is 4.90 Å². The van der Waals surface area contributed by atoms with Gasteiger partial charge in [0.2, 0.25) is 0 Å². The largest absolute Gasteiger partial charge is 0.351 e. The molecule has 0 atom stereocenters. The Labute approximate surface area is 85.8 Å². The lowest BCUT2D eigenvalue weighted by Crippen LogP contribution is -2.34. The molecule has 82 valence electrons. The van der Waals surface area contributed by atoms with E-state index in [0.29, 0.717) is 5.56 Å². The van der Waals surface area contributed by atoms with Gasteiger partial charge in [-0.25, -0.2) is 10.6 Å². The summed E-state index contributed by atoms with van der Waals surface area (Å²) < 4.78 is 29.3. The number of rotatable bonds is 1. The van der Waals surface area contributed by atoms with Crippen molar-refractivity contribution in [3.05, 3.63) is 18.2 Å². The molecule has 0 bridgehead atoms. The minimum Gasteiger partial charge on any atom is -0.351 e. The highest BCUT2D eigenvalue weighted by Gasteiger charge is 2.24. The molecular weight excluding hydrogens is 222 g/mol. The maximum atomic E-state index is 10.4. The van der Waals surface area contributed by atoms with E-state index in [1.165, 1.54) is 6.07 Å². The van der Waals surface area contributed by atoms with Crippen LogP contribution in [0.2, 0.25) is 0 Å². The summed E-state index contributed by atoms with van der Waals surface area (Å²) in [6.45, 7) is 0. The number of benzene rings is 1. The fourth-order valence-corrected chi connectivity index (χ4v) is 1.71. The third kappa shape index (κ3) is 2.43. The lowest BCUT2D eigenvalue weighted by Gasteiger charge is -2.17. The number of carbonyl (C=O) groups excluding carboxylic acids is 1. The first kappa shape index (κ1) is 11.4. The Morgan fingerprint density at radius 2 is 1.93 bits per heavy atom. The van der Waals surface area contributed by atoms with Crippen LogP contribution in [0.4, 0.5) is 4.79 Å². The first-order valence-corrected chi connectivity index (χ1v) is 5.18. The fourth-order valence-electron chi connectivity index (χ4n) is 0.968. The van der Waals surface area contributed by atoms with Gasteiger partial charge < -0.3 is 5.73 Å². The highest BCUT2D eigenvalue weighted by atomic mass is 32.2. The Morgan fingerprint density at radius 1 is 1.40 bits per heavy atom. The zero-order valence-corrected chi connectivity index (χ0v) is 8.28. The number of nitrogens with one attached hydrogen (secondary N) is 1. The Kier molecular flexibility index (Phi) is 2.93. The minimum absolute atomic E-state index is 0.0463. The van der Waals surface area contributed by atoms with Crippen LogP contribution in [0.25, 0.3) is 11.1 Å². The summed E-state index contributed by atoms with van der Waals surface area (Å²) in [7, 11) is -3.94. The number of amides is 2. The molecule has 2 aliphatic carbocycles. The summed E-state index contributed by atoms with van der Waals surface area (Å²) >= 11 is 0. The minimum atomic E-state index is -3.94. The lowest BCUT2D eigenvalue weighted by atomic mass is 9.94. The van der Waals surface area contributed by atoms with Crippen LogP contribution in [0.5, 0.6) is 0 Å². The zero-order valence-electron chi connectivity index (χ0n) is 7.47. The predicted molar refractivity (Wildman–Crippen MR) is 52.2 cm³/mol. The van der Waals surface area contributed by atoms with Crippen molar-refractivity contribution in [2.24, 2.45) is 11.6 Å². The second-order valence-electron chi connectivity index (χ2n) is 2.69. The molecule has 8 heteroatoms. The first-order valence-electron chi connectivity index (χ1n) is 3.74. The molecule has 6 N–H and O–H groups in total. The van der Waals surface area contributed by atoms with Gasteiger partial charge in [-0.3, -0.25) is 9.98 Å². The van der Waals surface area contributed by atoms with E-state index in [1.54, 1.807) is 17.6 Å². The maximum absolute atomic E-state index is 10.4. The number of hydrogen-bond donors (Lipinski definition) is 4. The van der Waals surface area contributed by atoms with Gasteiger partial charge in [0.25, 0.3) is 10.1 Å². The van der Waals surface area contributed by atoms with Gasteiger partial charge in [-0.2, -0.15) is 8.42 Å². The van der Waals surface area contributed by atoms with E-state index in [4.69, 9.17) is 4.55 Å². The van der Waals surface area contributed by atoms with Gasteiger partial charge in [0.1, 0.15) is 4.90 Å².